The van der Waals surface area contributed by atoms with Gasteiger partial charge in [-0.3, -0.25) is 0 Å². The van der Waals surface area contributed by atoms with Crippen molar-refractivity contribution in [2.24, 2.45) is 0 Å². The molecule has 1 aliphatic rings. The van der Waals surface area contributed by atoms with Crippen LogP contribution in [0.2, 0.25) is 0 Å². The molecule has 0 spiro atoms. The summed E-state index contributed by atoms with van der Waals surface area (Å²) in [4.78, 5) is 17.2. The van der Waals surface area contributed by atoms with Crippen molar-refractivity contribution >= 4 is 22.8 Å². The Morgan fingerprint density at radius 2 is 2.24 bits per heavy atom. The van der Waals surface area contributed by atoms with E-state index in [1.165, 1.54) is 0 Å². The fraction of sp³-hybridized carbons (Fsp3) is 0.500. The van der Waals surface area contributed by atoms with Crippen molar-refractivity contribution in [3.8, 4) is 0 Å². The van der Waals surface area contributed by atoms with Gasteiger partial charge in [-0.05, 0) is 20.8 Å². The van der Waals surface area contributed by atoms with Gasteiger partial charge in [-0.1, -0.05) is 0 Å². The number of aromatic amines is 1. The Bertz CT molecular complexity index is 701. The fourth-order valence-corrected chi connectivity index (χ4v) is 2.59. The number of nitrogens with two attached hydrogens (primary N) is 1. The molecular formula is C14H19N5O2. The lowest BCUT2D eigenvalue weighted by Gasteiger charge is -2.30. The fourth-order valence-electron chi connectivity index (χ4n) is 2.59. The van der Waals surface area contributed by atoms with Crippen LogP contribution in [0.4, 0.5) is 10.6 Å². The van der Waals surface area contributed by atoms with Crippen LogP contribution in [0.5, 0.6) is 0 Å². The van der Waals surface area contributed by atoms with Crippen LogP contribution in [0.15, 0.2) is 6.20 Å². The first kappa shape index (κ1) is 13.7. The molecule has 7 nitrogen and oxygen atoms in total. The van der Waals surface area contributed by atoms with E-state index < -0.39 is 5.60 Å². The molecule has 112 valence electrons. The molecule has 2 aromatic rings. The van der Waals surface area contributed by atoms with Gasteiger partial charge in [0.15, 0.2) is 5.82 Å². The zero-order valence-corrected chi connectivity index (χ0v) is 12.4. The molecule has 0 aromatic carbocycles. The normalized spacial score (nSPS) is 15.1. The Labute approximate surface area is 122 Å². The molecule has 7 heteroatoms. The molecule has 3 rings (SSSR count). The lowest BCUT2D eigenvalue weighted by Crippen LogP contribution is -2.39. The van der Waals surface area contributed by atoms with Crippen molar-refractivity contribution in [1.82, 2.24) is 20.1 Å². The molecule has 0 bridgehead atoms. The van der Waals surface area contributed by atoms with E-state index in [0.717, 1.165) is 28.6 Å². The minimum Gasteiger partial charge on any atom is -0.444 e. The highest BCUT2D eigenvalue weighted by Crippen LogP contribution is 2.30. The maximum Gasteiger partial charge on any atom is 0.410 e. The smallest absolute Gasteiger partial charge is 0.410 e. The number of nitrogens with zero attached hydrogens (tertiary/aromatic N) is 3. The topological polar surface area (TPSA) is 97.1 Å². The third kappa shape index (κ3) is 2.51. The SMILES string of the molecule is CC(C)(C)OC(=O)N1CCc2[nH]c3cnnc(N)c3c2C1. The van der Waals surface area contributed by atoms with Gasteiger partial charge in [-0.15, -0.1) is 5.10 Å². The standard InChI is InChI=1S/C14H19N5O2/c1-14(2,3)21-13(20)19-5-4-9-8(7-19)11-10(17-9)6-16-18-12(11)15/h6,17H,4-5,7H2,1-3H3,(H2,15,18). The number of hydrogen-bond donors (Lipinski definition) is 2. The van der Waals surface area contributed by atoms with Crippen LogP contribution in [-0.4, -0.2) is 38.3 Å². The van der Waals surface area contributed by atoms with Gasteiger partial charge in [0.1, 0.15) is 5.60 Å². The van der Waals surface area contributed by atoms with Gasteiger partial charge in [-0.2, -0.15) is 5.10 Å². The van der Waals surface area contributed by atoms with Gasteiger partial charge in [0.05, 0.1) is 23.6 Å². The quantitative estimate of drug-likeness (QED) is 0.771. The van der Waals surface area contributed by atoms with E-state index in [1.807, 2.05) is 20.8 Å². The number of nitrogen functional groups attached to an aromatic ring is 1. The van der Waals surface area contributed by atoms with Crippen molar-refractivity contribution < 1.29 is 9.53 Å². The third-order valence-corrected chi connectivity index (χ3v) is 3.46. The van der Waals surface area contributed by atoms with Crippen LogP contribution in [0, 0.1) is 0 Å². The molecule has 1 aliphatic heterocycles. The van der Waals surface area contributed by atoms with Crippen LogP contribution >= 0.6 is 0 Å². The van der Waals surface area contributed by atoms with Gasteiger partial charge < -0.3 is 20.4 Å². The van der Waals surface area contributed by atoms with E-state index in [-0.39, 0.29) is 6.09 Å². The summed E-state index contributed by atoms with van der Waals surface area (Å²) in [5.41, 5.74) is 8.38. The summed E-state index contributed by atoms with van der Waals surface area (Å²) in [6, 6.07) is 0. The van der Waals surface area contributed by atoms with E-state index in [1.54, 1.807) is 11.1 Å². The number of H-pyrrole nitrogens is 1. The van der Waals surface area contributed by atoms with E-state index in [0.29, 0.717) is 18.9 Å². The van der Waals surface area contributed by atoms with E-state index in [4.69, 9.17) is 10.5 Å². The Kier molecular flexibility index (Phi) is 3.00. The molecule has 0 atom stereocenters. The molecule has 0 saturated carbocycles. The van der Waals surface area contributed by atoms with Crippen molar-refractivity contribution in [2.75, 3.05) is 12.3 Å². The molecule has 1 amide bonds. The first-order valence-corrected chi connectivity index (χ1v) is 6.93. The summed E-state index contributed by atoms with van der Waals surface area (Å²) < 4.78 is 5.43. The Morgan fingerprint density at radius 1 is 1.48 bits per heavy atom. The minimum atomic E-state index is -0.498. The Morgan fingerprint density at radius 3 is 2.95 bits per heavy atom. The van der Waals surface area contributed by atoms with Crippen LogP contribution in [-0.2, 0) is 17.7 Å². The Balaban J connectivity index is 1.91. The maximum atomic E-state index is 12.2. The summed E-state index contributed by atoms with van der Waals surface area (Å²) in [6.07, 6.45) is 2.09. The molecular weight excluding hydrogens is 270 g/mol. The molecule has 0 saturated heterocycles. The summed E-state index contributed by atoms with van der Waals surface area (Å²) in [5.74, 6) is 0.385. The zero-order chi connectivity index (χ0) is 15.2. The lowest BCUT2D eigenvalue weighted by atomic mass is 10.1. The van der Waals surface area contributed by atoms with Crippen LogP contribution in [0.25, 0.3) is 10.9 Å². The average Bonchev–Trinajstić information content (AvgIpc) is 2.75. The third-order valence-electron chi connectivity index (χ3n) is 3.46. The number of aromatic nitrogens is 3. The maximum absolute atomic E-state index is 12.2. The predicted molar refractivity (Wildman–Crippen MR) is 78.6 cm³/mol. The second kappa shape index (κ2) is 4.61. The average molecular weight is 289 g/mol. The number of ether oxygens (including phenoxy) is 1. The summed E-state index contributed by atoms with van der Waals surface area (Å²) in [5, 5.41) is 8.59. The minimum absolute atomic E-state index is 0.303. The summed E-state index contributed by atoms with van der Waals surface area (Å²) in [6.45, 7) is 6.67. The van der Waals surface area contributed by atoms with Crippen LogP contribution in [0.3, 0.4) is 0 Å². The summed E-state index contributed by atoms with van der Waals surface area (Å²) in [7, 11) is 0. The number of anilines is 1. The van der Waals surface area contributed by atoms with E-state index >= 15 is 0 Å². The number of fused-ring (bicyclic) bond motifs is 3. The molecule has 2 aromatic heterocycles. The largest absolute Gasteiger partial charge is 0.444 e. The molecule has 0 unspecified atom stereocenters. The molecule has 0 radical (unpaired) electrons. The highest BCUT2D eigenvalue weighted by molar-refractivity contribution is 5.92. The highest BCUT2D eigenvalue weighted by atomic mass is 16.6. The van der Waals surface area contributed by atoms with Gasteiger partial charge in [-0.25, -0.2) is 4.79 Å². The monoisotopic (exact) mass is 289 g/mol. The molecule has 3 N–H and O–H groups in total. The van der Waals surface area contributed by atoms with Crippen molar-refractivity contribution in [3.63, 3.8) is 0 Å². The predicted octanol–water partition coefficient (Wildman–Crippen LogP) is 1.83. The second-order valence-electron chi connectivity index (χ2n) is 6.25. The molecule has 21 heavy (non-hydrogen) atoms. The molecule has 0 aliphatic carbocycles. The van der Waals surface area contributed by atoms with Crippen molar-refractivity contribution in [1.29, 1.82) is 0 Å². The highest BCUT2D eigenvalue weighted by Gasteiger charge is 2.28. The lowest BCUT2D eigenvalue weighted by molar-refractivity contribution is 0.0224. The van der Waals surface area contributed by atoms with Crippen LogP contribution < -0.4 is 5.73 Å². The second-order valence-corrected chi connectivity index (χ2v) is 6.25. The first-order chi connectivity index (χ1) is 9.85. The van der Waals surface area contributed by atoms with Gasteiger partial charge in [0.25, 0.3) is 0 Å². The molecule has 0 fully saturated rings. The summed E-state index contributed by atoms with van der Waals surface area (Å²) >= 11 is 0. The number of carbonyl (C=O) groups is 1. The van der Waals surface area contributed by atoms with Gasteiger partial charge in [0.2, 0.25) is 0 Å². The van der Waals surface area contributed by atoms with Crippen molar-refractivity contribution in [3.05, 3.63) is 17.5 Å². The molecule has 3 heterocycles. The Hall–Kier alpha value is -2.31. The number of amides is 1. The van der Waals surface area contributed by atoms with E-state index in [2.05, 4.69) is 15.2 Å². The van der Waals surface area contributed by atoms with Crippen LogP contribution in [0.1, 0.15) is 32.0 Å². The number of hydrogen-bond acceptors (Lipinski definition) is 5. The van der Waals surface area contributed by atoms with Gasteiger partial charge in [0, 0.05) is 24.2 Å². The van der Waals surface area contributed by atoms with Crippen molar-refractivity contribution in [2.45, 2.75) is 39.3 Å². The van der Waals surface area contributed by atoms with Gasteiger partial charge >= 0.3 is 6.09 Å². The number of nitrogens with one attached hydrogen (secondary N) is 1. The zero-order valence-electron chi connectivity index (χ0n) is 12.4. The number of rotatable bonds is 0. The first-order valence-electron chi connectivity index (χ1n) is 6.93. The number of carbonyl (C=O) groups excluding carboxylic acids is 1. The van der Waals surface area contributed by atoms with E-state index in [9.17, 15) is 4.79 Å².